The van der Waals surface area contributed by atoms with Gasteiger partial charge in [0, 0.05) is 16.7 Å². The second-order valence-corrected chi connectivity index (χ2v) is 8.50. The summed E-state index contributed by atoms with van der Waals surface area (Å²) in [5, 5.41) is 18.4. The molecule has 170 valence electrons. The molecule has 5 rings (SSSR count). The fourth-order valence-corrected chi connectivity index (χ4v) is 4.20. The maximum absolute atomic E-state index is 13.3. The van der Waals surface area contributed by atoms with Crippen molar-refractivity contribution in [2.45, 2.75) is 26.8 Å². The molecule has 0 fully saturated rings. The first-order valence-corrected chi connectivity index (χ1v) is 11.1. The third-order valence-electron chi connectivity index (χ3n) is 5.68. The van der Waals surface area contributed by atoms with Crippen LogP contribution >= 0.6 is 11.6 Å². The molecule has 0 aliphatic carbocycles. The molecule has 0 amide bonds. The van der Waals surface area contributed by atoms with Gasteiger partial charge < -0.3 is 9.73 Å². The number of aryl methyl sites for hydroxylation is 1. The van der Waals surface area contributed by atoms with Crippen LogP contribution < -0.4 is 10.7 Å². The van der Waals surface area contributed by atoms with Gasteiger partial charge in [-0.3, -0.25) is 4.79 Å². The van der Waals surface area contributed by atoms with Crippen LogP contribution in [0.15, 0.2) is 63.8 Å². The van der Waals surface area contributed by atoms with Crippen molar-refractivity contribution in [1.82, 2.24) is 25.6 Å². The zero-order chi connectivity index (χ0) is 23.8. The highest BCUT2D eigenvalue weighted by Crippen LogP contribution is 2.33. The Balaban J connectivity index is 1.65. The number of fused-ring (bicyclic) bond motifs is 1. The Morgan fingerprint density at radius 1 is 1.09 bits per heavy atom. The monoisotopic (exact) mass is 472 g/mol. The van der Waals surface area contributed by atoms with Crippen LogP contribution in [0.4, 0.5) is 5.69 Å². The zero-order valence-corrected chi connectivity index (χ0v) is 19.5. The normalized spacial score (nSPS) is 12.1. The molecule has 1 atom stereocenters. The molecular weight excluding hydrogens is 452 g/mol. The summed E-state index contributed by atoms with van der Waals surface area (Å²) in [6.07, 6.45) is 0. The molecule has 0 bridgehead atoms. The minimum atomic E-state index is -0.245. The summed E-state index contributed by atoms with van der Waals surface area (Å²) in [5.74, 6) is 0.885. The lowest BCUT2D eigenvalue weighted by molar-refractivity contribution is 0.605. The Morgan fingerprint density at radius 2 is 1.88 bits per heavy atom. The molecular formula is C25H21ClN6O2. The maximum atomic E-state index is 13.3. The number of pyridine rings is 1. The van der Waals surface area contributed by atoms with Gasteiger partial charge in [0.2, 0.25) is 5.82 Å². The summed E-state index contributed by atoms with van der Waals surface area (Å²) in [4.78, 5) is 17.7. The lowest BCUT2D eigenvalue weighted by Gasteiger charge is -2.20. The summed E-state index contributed by atoms with van der Waals surface area (Å²) in [7, 11) is 0. The molecule has 5 aromatic rings. The molecule has 0 saturated heterocycles. The number of benzene rings is 2. The fourth-order valence-electron chi connectivity index (χ4n) is 4.05. The van der Waals surface area contributed by atoms with E-state index in [0.29, 0.717) is 44.7 Å². The number of halogens is 1. The van der Waals surface area contributed by atoms with Gasteiger partial charge in [0.25, 0.3) is 0 Å². The van der Waals surface area contributed by atoms with E-state index in [0.717, 1.165) is 16.7 Å². The van der Waals surface area contributed by atoms with Gasteiger partial charge in [0.1, 0.15) is 22.2 Å². The molecule has 0 saturated carbocycles. The fraction of sp³-hybridized carbons (Fsp3) is 0.160. The number of hydrogen-bond acceptors (Lipinski definition) is 7. The van der Waals surface area contributed by atoms with E-state index in [9.17, 15) is 4.79 Å². The Bertz CT molecular complexity index is 1550. The number of tetrazole rings is 1. The van der Waals surface area contributed by atoms with E-state index in [-0.39, 0.29) is 11.5 Å². The van der Waals surface area contributed by atoms with Crippen LogP contribution in [-0.2, 0) is 0 Å². The lowest BCUT2D eigenvalue weighted by Crippen LogP contribution is -2.13. The number of rotatable bonds is 5. The van der Waals surface area contributed by atoms with Crippen molar-refractivity contribution >= 4 is 28.3 Å². The van der Waals surface area contributed by atoms with E-state index < -0.39 is 0 Å². The van der Waals surface area contributed by atoms with E-state index in [1.807, 2.05) is 62.4 Å². The molecule has 3 aromatic heterocycles. The van der Waals surface area contributed by atoms with Crippen LogP contribution in [0.3, 0.4) is 0 Å². The van der Waals surface area contributed by atoms with Crippen molar-refractivity contribution in [2.24, 2.45) is 0 Å². The average molecular weight is 473 g/mol. The van der Waals surface area contributed by atoms with E-state index in [1.54, 1.807) is 13.0 Å². The van der Waals surface area contributed by atoms with E-state index in [1.165, 1.54) is 0 Å². The Morgan fingerprint density at radius 3 is 2.62 bits per heavy atom. The van der Waals surface area contributed by atoms with Crippen molar-refractivity contribution in [1.29, 1.82) is 0 Å². The van der Waals surface area contributed by atoms with Gasteiger partial charge in [0.05, 0.1) is 17.1 Å². The van der Waals surface area contributed by atoms with Crippen LogP contribution in [0.2, 0.25) is 5.15 Å². The predicted molar refractivity (Wildman–Crippen MR) is 132 cm³/mol. The first-order chi connectivity index (χ1) is 16.4. The van der Waals surface area contributed by atoms with Gasteiger partial charge in [-0.2, -0.15) is 5.21 Å². The Hall–Kier alpha value is -4.04. The second-order valence-electron chi connectivity index (χ2n) is 8.11. The van der Waals surface area contributed by atoms with E-state index >= 15 is 0 Å². The van der Waals surface area contributed by atoms with E-state index in [2.05, 4.69) is 30.9 Å². The van der Waals surface area contributed by atoms with Crippen molar-refractivity contribution in [2.75, 3.05) is 5.32 Å². The Labute approximate surface area is 200 Å². The predicted octanol–water partition coefficient (Wildman–Crippen LogP) is 5.48. The van der Waals surface area contributed by atoms with Crippen molar-refractivity contribution < 1.29 is 4.42 Å². The number of H-pyrrole nitrogens is 1. The van der Waals surface area contributed by atoms with Gasteiger partial charge in [-0.05, 0) is 49.7 Å². The van der Waals surface area contributed by atoms with Gasteiger partial charge >= 0.3 is 0 Å². The SMILES string of the molecule is Cc1cc(C(C)Nc2ccc(Cl)nc2-c2nn[nH]n2)c2oc(-c3ccccc3)c(C)c(=O)c2c1. The number of anilines is 1. The van der Waals surface area contributed by atoms with Crippen LogP contribution in [0.5, 0.6) is 0 Å². The molecule has 0 aliphatic rings. The summed E-state index contributed by atoms with van der Waals surface area (Å²) in [6, 6.07) is 16.8. The van der Waals surface area contributed by atoms with Crippen LogP contribution in [0, 0.1) is 13.8 Å². The largest absolute Gasteiger partial charge is 0.455 e. The number of aromatic nitrogens is 5. The average Bonchev–Trinajstić information content (AvgIpc) is 3.38. The minimum Gasteiger partial charge on any atom is -0.455 e. The maximum Gasteiger partial charge on any atom is 0.225 e. The van der Waals surface area contributed by atoms with Gasteiger partial charge in [0.15, 0.2) is 5.43 Å². The number of hydrogen-bond donors (Lipinski definition) is 2. The minimum absolute atomic E-state index is 0.0436. The molecule has 9 heteroatoms. The van der Waals surface area contributed by atoms with Crippen molar-refractivity contribution in [3.05, 3.63) is 86.7 Å². The van der Waals surface area contributed by atoms with Crippen LogP contribution in [0.25, 0.3) is 33.8 Å². The summed E-state index contributed by atoms with van der Waals surface area (Å²) in [5.41, 5.74) is 4.88. The third kappa shape index (κ3) is 3.92. The first kappa shape index (κ1) is 21.8. The topological polar surface area (TPSA) is 110 Å². The number of nitrogens with one attached hydrogen (secondary N) is 2. The molecule has 0 spiro atoms. The summed E-state index contributed by atoms with van der Waals surface area (Å²) >= 11 is 6.12. The van der Waals surface area contributed by atoms with Crippen LogP contribution in [0.1, 0.15) is 29.7 Å². The second kappa shape index (κ2) is 8.72. The third-order valence-corrected chi connectivity index (χ3v) is 5.90. The smallest absolute Gasteiger partial charge is 0.225 e. The summed E-state index contributed by atoms with van der Waals surface area (Å²) in [6.45, 7) is 5.75. The number of aromatic amines is 1. The van der Waals surface area contributed by atoms with Crippen molar-refractivity contribution in [3.8, 4) is 22.8 Å². The molecule has 2 N–H and O–H groups in total. The Kier molecular flexibility index (Phi) is 5.59. The lowest BCUT2D eigenvalue weighted by atomic mass is 9.98. The molecule has 1 unspecified atom stereocenters. The standard InChI is InChI=1S/C25H21ClN6O2/c1-13-11-17(15(3)27-19-9-10-20(26)28-21(19)25-29-31-32-30-25)24-18(12-13)22(33)14(2)23(34-24)16-7-5-4-6-8-16/h4-12,15,27H,1-3H3,(H,29,30,31,32). The van der Waals surface area contributed by atoms with Gasteiger partial charge in [-0.1, -0.05) is 48.0 Å². The molecule has 3 heterocycles. The number of nitrogens with zero attached hydrogens (tertiary/aromatic N) is 4. The molecule has 0 aliphatic heterocycles. The van der Waals surface area contributed by atoms with Crippen molar-refractivity contribution in [3.63, 3.8) is 0 Å². The van der Waals surface area contributed by atoms with Gasteiger partial charge in [-0.25, -0.2) is 4.98 Å². The zero-order valence-electron chi connectivity index (χ0n) is 18.8. The molecule has 2 aromatic carbocycles. The highest BCUT2D eigenvalue weighted by molar-refractivity contribution is 6.29. The first-order valence-electron chi connectivity index (χ1n) is 10.7. The molecule has 8 nitrogen and oxygen atoms in total. The molecule has 0 radical (unpaired) electrons. The quantitative estimate of drug-likeness (QED) is 0.326. The summed E-state index contributed by atoms with van der Waals surface area (Å²) < 4.78 is 6.41. The molecule has 34 heavy (non-hydrogen) atoms. The van der Waals surface area contributed by atoms with E-state index in [4.69, 9.17) is 16.0 Å². The van der Waals surface area contributed by atoms with Gasteiger partial charge in [-0.15, -0.1) is 10.2 Å². The highest BCUT2D eigenvalue weighted by atomic mass is 35.5. The van der Waals surface area contributed by atoms with Crippen LogP contribution in [-0.4, -0.2) is 25.6 Å². The highest BCUT2D eigenvalue weighted by Gasteiger charge is 2.20.